The highest BCUT2D eigenvalue weighted by Gasteiger charge is 2.25. The molecule has 0 unspecified atom stereocenters. The molecule has 1 aliphatic heterocycles. The van der Waals surface area contributed by atoms with Crippen molar-refractivity contribution in [1.82, 2.24) is 0 Å². The zero-order valence-corrected chi connectivity index (χ0v) is 12.3. The summed E-state index contributed by atoms with van der Waals surface area (Å²) in [5, 5.41) is 0.683. The van der Waals surface area contributed by atoms with Gasteiger partial charge in [0.05, 0.1) is 22.1 Å². The molecule has 100 valence electrons. The molecule has 2 aromatic rings. The van der Waals surface area contributed by atoms with Crippen LogP contribution >= 0.6 is 11.6 Å². The number of hydrogen-bond acceptors (Lipinski definition) is 2. The van der Waals surface area contributed by atoms with E-state index in [0.717, 1.165) is 28.5 Å². The molecule has 3 rings (SSSR count). The third-order valence-corrected chi connectivity index (χ3v) is 3.83. The molecular formula is C17H15ClN2. The lowest BCUT2D eigenvalue weighted by Crippen LogP contribution is -2.29. The number of para-hydroxylation sites is 1. The first-order valence-electron chi connectivity index (χ1n) is 6.48. The third kappa shape index (κ3) is 1.93. The molecule has 1 aliphatic rings. The van der Waals surface area contributed by atoms with Gasteiger partial charge in [-0.15, -0.1) is 0 Å². The van der Waals surface area contributed by atoms with Gasteiger partial charge in [-0.2, -0.15) is 0 Å². The Morgan fingerprint density at radius 3 is 2.55 bits per heavy atom. The predicted octanol–water partition coefficient (Wildman–Crippen LogP) is 5.19. The molecule has 0 atom stereocenters. The summed E-state index contributed by atoms with van der Waals surface area (Å²) in [6.45, 7) is 8.30. The zero-order chi connectivity index (χ0) is 14.3. The molecule has 0 amide bonds. The van der Waals surface area contributed by atoms with E-state index in [4.69, 9.17) is 11.6 Å². The maximum absolute atomic E-state index is 6.32. The third-order valence-electron chi connectivity index (χ3n) is 3.51. The van der Waals surface area contributed by atoms with E-state index in [2.05, 4.69) is 35.5 Å². The molecule has 0 radical (unpaired) electrons. The van der Waals surface area contributed by atoms with E-state index in [1.807, 2.05) is 37.3 Å². The number of fused-ring (bicyclic) bond motifs is 1. The molecule has 0 spiro atoms. The Morgan fingerprint density at radius 1 is 1.05 bits per heavy atom. The first kappa shape index (κ1) is 12.9. The highest BCUT2D eigenvalue weighted by molar-refractivity contribution is 6.33. The van der Waals surface area contributed by atoms with Gasteiger partial charge in [-0.1, -0.05) is 42.4 Å². The summed E-state index contributed by atoms with van der Waals surface area (Å²) in [5.41, 5.74) is 4.92. The maximum Gasteiger partial charge on any atom is 0.111 e. The average Bonchev–Trinajstić information content (AvgIpc) is 2.40. The van der Waals surface area contributed by atoms with E-state index in [9.17, 15) is 0 Å². The summed E-state index contributed by atoms with van der Waals surface area (Å²) in [6, 6.07) is 13.9. The van der Waals surface area contributed by atoms with Gasteiger partial charge in [0, 0.05) is 5.56 Å². The molecule has 0 saturated carbocycles. The van der Waals surface area contributed by atoms with Crippen LogP contribution < -0.4 is 4.90 Å². The fraction of sp³-hybridized carbons (Fsp3) is 0.118. The van der Waals surface area contributed by atoms with Crippen LogP contribution in [0.5, 0.6) is 0 Å². The summed E-state index contributed by atoms with van der Waals surface area (Å²) in [4.78, 5) is 6.71. The molecule has 0 aromatic heterocycles. The predicted molar refractivity (Wildman–Crippen MR) is 86.9 cm³/mol. The second-order valence-corrected chi connectivity index (χ2v) is 5.27. The van der Waals surface area contributed by atoms with E-state index in [0.29, 0.717) is 5.02 Å². The van der Waals surface area contributed by atoms with Crippen LogP contribution in [0.1, 0.15) is 18.1 Å². The summed E-state index contributed by atoms with van der Waals surface area (Å²) in [5.74, 6) is 0.902. The van der Waals surface area contributed by atoms with Crippen LogP contribution in [0.25, 0.3) is 5.70 Å². The normalized spacial score (nSPS) is 14.1. The Bertz CT molecular complexity index is 732. The lowest BCUT2D eigenvalue weighted by Gasteiger charge is -2.32. The van der Waals surface area contributed by atoms with Gasteiger partial charge in [0.25, 0.3) is 0 Å². The van der Waals surface area contributed by atoms with Gasteiger partial charge in [-0.05, 0) is 37.6 Å². The molecule has 0 bridgehead atoms. The van der Waals surface area contributed by atoms with Crippen LogP contribution in [0, 0.1) is 6.92 Å². The van der Waals surface area contributed by atoms with E-state index in [1.165, 1.54) is 5.56 Å². The Kier molecular flexibility index (Phi) is 3.11. The lowest BCUT2D eigenvalue weighted by atomic mass is 10.0. The second-order valence-electron chi connectivity index (χ2n) is 4.86. The zero-order valence-electron chi connectivity index (χ0n) is 11.5. The van der Waals surface area contributed by atoms with Crippen LogP contribution in [-0.4, -0.2) is 5.84 Å². The number of aryl methyl sites for hydroxylation is 1. The van der Waals surface area contributed by atoms with Crippen LogP contribution in [-0.2, 0) is 0 Å². The van der Waals surface area contributed by atoms with Crippen molar-refractivity contribution in [2.75, 3.05) is 4.90 Å². The van der Waals surface area contributed by atoms with Gasteiger partial charge in [0.15, 0.2) is 0 Å². The van der Waals surface area contributed by atoms with Crippen molar-refractivity contribution >= 4 is 34.5 Å². The smallest absolute Gasteiger partial charge is 0.111 e. The molecule has 0 saturated heterocycles. The van der Waals surface area contributed by atoms with Crippen LogP contribution in [0.4, 0.5) is 11.4 Å². The molecule has 2 aromatic carbocycles. The van der Waals surface area contributed by atoms with Gasteiger partial charge in [-0.25, -0.2) is 4.99 Å². The largest absolute Gasteiger partial charge is 0.298 e. The first-order valence-corrected chi connectivity index (χ1v) is 6.86. The van der Waals surface area contributed by atoms with E-state index in [-0.39, 0.29) is 0 Å². The SMILES string of the molecule is C=C1c2c(Cl)cccc2N=C(C)N1c1ccccc1C. The highest BCUT2D eigenvalue weighted by Crippen LogP contribution is 2.40. The van der Waals surface area contributed by atoms with Gasteiger partial charge < -0.3 is 0 Å². The Morgan fingerprint density at radius 2 is 1.80 bits per heavy atom. The lowest BCUT2D eigenvalue weighted by molar-refractivity contribution is 1.24. The molecule has 20 heavy (non-hydrogen) atoms. The van der Waals surface area contributed by atoms with E-state index < -0.39 is 0 Å². The fourth-order valence-corrected chi connectivity index (χ4v) is 2.84. The monoisotopic (exact) mass is 282 g/mol. The second kappa shape index (κ2) is 4.80. The van der Waals surface area contributed by atoms with Gasteiger partial charge in [0.2, 0.25) is 0 Å². The number of amidine groups is 1. The number of anilines is 1. The van der Waals surface area contributed by atoms with Crippen molar-refractivity contribution < 1.29 is 0 Å². The van der Waals surface area contributed by atoms with Crippen LogP contribution in [0.3, 0.4) is 0 Å². The molecule has 1 heterocycles. The number of aliphatic imine (C=N–C) groups is 1. The molecule has 2 nitrogen and oxygen atoms in total. The molecule has 3 heteroatoms. The van der Waals surface area contributed by atoms with Crippen LogP contribution in [0.2, 0.25) is 5.02 Å². The van der Waals surface area contributed by atoms with Crippen molar-refractivity contribution in [2.45, 2.75) is 13.8 Å². The minimum absolute atomic E-state index is 0.683. The minimum Gasteiger partial charge on any atom is -0.298 e. The average molecular weight is 283 g/mol. The highest BCUT2D eigenvalue weighted by atomic mass is 35.5. The standard InChI is InChI=1S/C17H15ClN2/c1-11-7-4-5-10-16(11)20-12(2)17-14(18)8-6-9-15(17)19-13(20)3/h4-10H,2H2,1,3H3. The summed E-state index contributed by atoms with van der Waals surface area (Å²) in [7, 11) is 0. The van der Waals surface area contributed by atoms with Gasteiger partial charge in [-0.3, -0.25) is 4.90 Å². The van der Waals surface area contributed by atoms with Gasteiger partial charge in [0.1, 0.15) is 5.84 Å². The summed E-state index contributed by atoms with van der Waals surface area (Å²) < 4.78 is 0. The topological polar surface area (TPSA) is 15.6 Å². The van der Waals surface area contributed by atoms with Crippen molar-refractivity contribution in [3.8, 4) is 0 Å². The summed E-state index contributed by atoms with van der Waals surface area (Å²) in [6.07, 6.45) is 0. The quantitative estimate of drug-likeness (QED) is 0.703. The number of halogens is 1. The summed E-state index contributed by atoms with van der Waals surface area (Å²) >= 11 is 6.32. The van der Waals surface area contributed by atoms with Crippen LogP contribution in [0.15, 0.2) is 54.0 Å². The van der Waals surface area contributed by atoms with E-state index >= 15 is 0 Å². The van der Waals surface area contributed by atoms with Crippen molar-refractivity contribution in [2.24, 2.45) is 4.99 Å². The Labute approximate surface area is 124 Å². The maximum atomic E-state index is 6.32. The van der Waals surface area contributed by atoms with E-state index in [1.54, 1.807) is 0 Å². The minimum atomic E-state index is 0.683. The van der Waals surface area contributed by atoms with Crippen molar-refractivity contribution in [3.05, 3.63) is 65.2 Å². The number of nitrogens with zero attached hydrogens (tertiary/aromatic N) is 2. The van der Waals surface area contributed by atoms with Gasteiger partial charge >= 0.3 is 0 Å². The Hall–Kier alpha value is -2.06. The first-order chi connectivity index (χ1) is 9.59. The molecule has 0 fully saturated rings. The number of rotatable bonds is 1. The van der Waals surface area contributed by atoms with Crippen molar-refractivity contribution in [1.29, 1.82) is 0 Å². The molecule has 0 N–H and O–H groups in total. The van der Waals surface area contributed by atoms with Crippen molar-refractivity contribution in [3.63, 3.8) is 0 Å². The Balaban J connectivity index is 2.20. The molecular weight excluding hydrogens is 268 g/mol. The fourth-order valence-electron chi connectivity index (χ4n) is 2.56. The number of benzene rings is 2. The number of hydrogen-bond donors (Lipinski definition) is 0. The molecule has 0 aliphatic carbocycles.